The molecular weight excluding hydrogens is 454 g/mol. The van der Waals surface area contributed by atoms with Gasteiger partial charge in [-0.1, -0.05) is 6.07 Å². The smallest absolute Gasteiger partial charge is 0.264 e. The summed E-state index contributed by atoms with van der Waals surface area (Å²) >= 11 is 5.38. The molecular formula is C24H23N5O4S. The molecule has 0 saturated heterocycles. The fourth-order valence-electron chi connectivity index (χ4n) is 3.43. The lowest BCUT2D eigenvalue weighted by molar-refractivity contribution is 0.0971. The molecule has 174 valence electrons. The van der Waals surface area contributed by atoms with Crippen LogP contribution in [-0.2, 0) is 0 Å². The molecule has 34 heavy (non-hydrogen) atoms. The average Bonchev–Trinajstić information content (AvgIpc) is 3.26. The van der Waals surface area contributed by atoms with E-state index in [9.17, 15) is 4.79 Å². The number of hydrogen-bond donors (Lipinski definition) is 2. The van der Waals surface area contributed by atoms with Crippen molar-refractivity contribution in [1.82, 2.24) is 20.3 Å². The third-order valence-corrected chi connectivity index (χ3v) is 5.36. The Morgan fingerprint density at radius 3 is 2.12 bits per heavy atom. The molecule has 1 amide bonds. The number of fused-ring (bicyclic) bond motifs is 1. The molecule has 4 aromatic rings. The van der Waals surface area contributed by atoms with Crippen LogP contribution in [0.15, 0.2) is 54.6 Å². The number of hydrogen-bond acceptors (Lipinski definition) is 7. The number of aryl methyl sites for hydroxylation is 1. The lowest BCUT2D eigenvalue weighted by Gasteiger charge is -2.15. The van der Waals surface area contributed by atoms with Crippen molar-refractivity contribution in [3.8, 4) is 22.9 Å². The number of anilines is 1. The van der Waals surface area contributed by atoms with Crippen LogP contribution in [0.4, 0.5) is 5.69 Å². The fraction of sp³-hybridized carbons (Fsp3) is 0.167. The SMILES string of the molecule is COc1ccc(-n2nc3cc(C)c(NC(=S)NC(=O)c4c(OC)cccc4OC)cc3n2)cc1. The molecule has 2 N–H and O–H groups in total. The molecule has 0 atom stereocenters. The third kappa shape index (κ3) is 4.62. The molecule has 0 fully saturated rings. The van der Waals surface area contributed by atoms with Gasteiger partial charge in [0.15, 0.2) is 5.11 Å². The van der Waals surface area contributed by atoms with Crippen LogP contribution in [0.25, 0.3) is 16.7 Å². The number of nitrogens with zero attached hydrogens (tertiary/aromatic N) is 3. The number of rotatable bonds is 6. The van der Waals surface area contributed by atoms with Gasteiger partial charge >= 0.3 is 0 Å². The molecule has 0 aliphatic carbocycles. The van der Waals surface area contributed by atoms with E-state index in [1.54, 1.807) is 30.1 Å². The van der Waals surface area contributed by atoms with Gasteiger partial charge in [-0.2, -0.15) is 4.80 Å². The maximum absolute atomic E-state index is 12.9. The number of carbonyl (C=O) groups excluding carboxylic acids is 1. The second kappa shape index (κ2) is 9.75. The summed E-state index contributed by atoms with van der Waals surface area (Å²) < 4.78 is 15.8. The molecule has 9 nitrogen and oxygen atoms in total. The Morgan fingerprint density at radius 2 is 1.53 bits per heavy atom. The van der Waals surface area contributed by atoms with Crippen LogP contribution >= 0.6 is 12.2 Å². The second-order valence-corrected chi connectivity index (χ2v) is 7.70. The molecule has 4 rings (SSSR count). The van der Waals surface area contributed by atoms with Gasteiger partial charge in [0, 0.05) is 5.69 Å². The van der Waals surface area contributed by atoms with Crippen LogP contribution in [0.5, 0.6) is 17.2 Å². The van der Waals surface area contributed by atoms with Crippen molar-refractivity contribution in [2.45, 2.75) is 6.92 Å². The van der Waals surface area contributed by atoms with E-state index in [0.29, 0.717) is 22.7 Å². The fourth-order valence-corrected chi connectivity index (χ4v) is 3.63. The highest BCUT2D eigenvalue weighted by molar-refractivity contribution is 7.80. The van der Waals surface area contributed by atoms with Gasteiger partial charge in [0.2, 0.25) is 0 Å². The Bertz CT molecular complexity index is 1350. The lowest BCUT2D eigenvalue weighted by Crippen LogP contribution is -2.34. The van der Waals surface area contributed by atoms with Gasteiger partial charge in [0.25, 0.3) is 5.91 Å². The first-order valence-corrected chi connectivity index (χ1v) is 10.7. The molecule has 0 aliphatic rings. The Hall–Kier alpha value is -4.18. The zero-order chi connectivity index (χ0) is 24.2. The largest absolute Gasteiger partial charge is 0.497 e. The zero-order valence-corrected chi connectivity index (χ0v) is 19.9. The van der Waals surface area contributed by atoms with Gasteiger partial charge in [-0.15, -0.1) is 10.2 Å². The standard InChI is InChI=1S/C24H23N5O4S/c1-14-12-18-19(28-29(27-18)15-8-10-16(31-2)11-9-15)13-17(14)25-24(34)26-23(30)22-20(32-3)6-5-7-21(22)33-4/h5-13H,1-4H3,(H2,25,26,30,34). The van der Waals surface area contributed by atoms with Gasteiger partial charge in [0.1, 0.15) is 33.8 Å². The maximum atomic E-state index is 12.9. The summed E-state index contributed by atoms with van der Waals surface area (Å²) in [6.07, 6.45) is 0. The summed E-state index contributed by atoms with van der Waals surface area (Å²) in [6, 6.07) is 16.3. The van der Waals surface area contributed by atoms with Crippen molar-refractivity contribution in [2.75, 3.05) is 26.6 Å². The Labute approximate surface area is 201 Å². The van der Waals surface area contributed by atoms with E-state index >= 15 is 0 Å². The number of nitrogens with one attached hydrogen (secondary N) is 2. The Balaban J connectivity index is 1.54. The average molecular weight is 478 g/mol. The van der Waals surface area contributed by atoms with Gasteiger partial charge in [-0.3, -0.25) is 10.1 Å². The number of benzene rings is 3. The molecule has 3 aromatic carbocycles. The Morgan fingerprint density at radius 1 is 0.912 bits per heavy atom. The van der Waals surface area contributed by atoms with Gasteiger partial charge in [-0.05, 0) is 73.2 Å². The van der Waals surface area contributed by atoms with Gasteiger partial charge in [-0.25, -0.2) is 0 Å². The normalized spacial score (nSPS) is 10.6. The van der Waals surface area contributed by atoms with E-state index < -0.39 is 5.91 Å². The van der Waals surface area contributed by atoms with E-state index in [2.05, 4.69) is 20.8 Å². The topological polar surface area (TPSA) is 99.5 Å². The minimum atomic E-state index is -0.448. The highest BCUT2D eigenvalue weighted by Crippen LogP contribution is 2.28. The molecule has 1 heterocycles. The maximum Gasteiger partial charge on any atom is 0.264 e. The lowest BCUT2D eigenvalue weighted by atomic mass is 10.1. The minimum Gasteiger partial charge on any atom is -0.497 e. The molecule has 0 spiro atoms. The summed E-state index contributed by atoms with van der Waals surface area (Å²) in [6.45, 7) is 1.92. The number of amides is 1. The first-order valence-electron chi connectivity index (χ1n) is 10.3. The van der Waals surface area contributed by atoms with E-state index in [1.807, 2.05) is 43.3 Å². The highest BCUT2D eigenvalue weighted by atomic mass is 32.1. The molecule has 1 aromatic heterocycles. The molecule has 0 saturated carbocycles. The number of thiocarbonyl (C=S) groups is 1. The van der Waals surface area contributed by atoms with Gasteiger partial charge in [0.05, 0.1) is 27.0 Å². The Kier molecular flexibility index (Phi) is 6.60. The third-order valence-electron chi connectivity index (χ3n) is 5.16. The van der Waals surface area contributed by atoms with Crippen LogP contribution in [0.2, 0.25) is 0 Å². The summed E-state index contributed by atoms with van der Waals surface area (Å²) in [5, 5.41) is 15.0. The van der Waals surface area contributed by atoms with Crippen LogP contribution in [-0.4, -0.2) is 47.3 Å². The van der Waals surface area contributed by atoms with Crippen molar-refractivity contribution >= 4 is 40.0 Å². The monoisotopic (exact) mass is 477 g/mol. The predicted molar refractivity (Wildman–Crippen MR) is 133 cm³/mol. The predicted octanol–water partition coefficient (Wildman–Crippen LogP) is 3.88. The summed E-state index contributed by atoms with van der Waals surface area (Å²) in [7, 11) is 4.59. The molecule has 10 heteroatoms. The summed E-state index contributed by atoms with van der Waals surface area (Å²) in [4.78, 5) is 14.4. The van der Waals surface area contributed by atoms with Gasteiger partial charge < -0.3 is 19.5 Å². The van der Waals surface area contributed by atoms with E-state index in [-0.39, 0.29) is 10.7 Å². The van der Waals surface area contributed by atoms with E-state index in [4.69, 9.17) is 26.4 Å². The van der Waals surface area contributed by atoms with Crippen molar-refractivity contribution < 1.29 is 19.0 Å². The second-order valence-electron chi connectivity index (χ2n) is 7.29. The number of carbonyl (C=O) groups is 1. The molecule has 0 bridgehead atoms. The molecule has 0 aliphatic heterocycles. The quantitative estimate of drug-likeness (QED) is 0.404. The first kappa shape index (κ1) is 23.0. The van der Waals surface area contributed by atoms with Crippen LogP contribution in [0, 0.1) is 6.92 Å². The van der Waals surface area contributed by atoms with E-state index in [1.165, 1.54) is 14.2 Å². The first-order chi connectivity index (χ1) is 16.4. The van der Waals surface area contributed by atoms with Crippen LogP contribution in [0.3, 0.4) is 0 Å². The molecule has 0 radical (unpaired) electrons. The number of ether oxygens (including phenoxy) is 3. The van der Waals surface area contributed by atoms with Crippen molar-refractivity contribution in [2.24, 2.45) is 0 Å². The highest BCUT2D eigenvalue weighted by Gasteiger charge is 2.19. The zero-order valence-electron chi connectivity index (χ0n) is 19.1. The van der Waals surface area contributed by atoms with Crippen molar-refractivity contribution in [1.29, 1.82) is 0 Å². The number of methoxy groups -OCH3 is 3. The molecule has 0 unspecified atom stereocenters. The van der Waals surface area contributed by atoms with E-state index in [0.717, 1.165) is 22.5 Å². The van der Waals surface area contributed by atoms with Crippen LogP contribution in [0.1, 0.15) is 15.9 Å². The van der Waals surface area contributed by atoms with Crippen LogP contribution < -0.4 is 24.8 Å². The van der Waals surface area contributed by atoms with Crippen molar-refractivity contribution in [3.05, 3.63) is 65.7 Å². The number of aromatic nitrogens is 3. The summed E-state index contributed by atoms with van der Waals surface area (Å²) in [5.41, 5.74) is 4.05. The minimum absolute atomic E-state index is 0.128. The summed E-state index contributed by atoms with van der Waals surface area (Å²) in [5.74, 6) is 1.07. The van der Waals surface area contributed by atoms with Crippen molar-refractivity contribution in [3.63, 3.8) is 0 Å².